The SMILES string of the molecule is C=CCN(CCC)CC1CCCC1CN. The van der Waals surface area contributed by atoms with Crippen LogP contribution in [-0.4, -0.2) is 31.1 Å². The van der Waals surface area contributed by atoms with Gasteiger partial charge in [-0.2, -0.15) is 0 Å². The molecule has 0 bridgehead atoms. The maximum atomic E-state index is 5.81. The second-order valence-corrected chi connectivity index (χ2v) is 4.74. The van der Waals surface area contributed by atoms with Gasteiger partial charge in [-0.3, -0.25) is 4.90 Å². The van der Waals surface area contributed by atoms with E-state index in [2.05, 4.69) is 18.4 Å². The topological polar surface area (TPSA) is 29.3 Å². The third kappa shape index (κ3) is 3.96. The summed E-state index contributed by atoms with van der Waals surface area (Å²) >= 11 is 0. The van der Waals surface area contributed by atoms with Crippen LogP contribution in [0.1, 0.15) is 32.6 Å². The molecule has 2 unspecified atom stereocenters. The number of nitrogens with two attached hydrogens (primary N) is 1. The summed E-state index contributed by atoms with van der Waals surface area (Å²) in [6, 6.07) is 0. The summed E-state index contributed by atoms with van der Waals surface area (Å²) in [5.41, 5.74) is 5.81. The van der Waals surface area contributed by atoms with Crippen LogP contribution in [-0.2, 0) is 0 Å². The molecule has 2 atom stereocenters. The van der Waals surface area contributed by atoms with Crippen LogP contribution < -0.4 is 5.73 Å². The normalized spacial score (nSPS) is 26.1. The average molecular weight is 210 g/mol. The first-order valence-corrected chi connectivity index (χ1v) is 6.35. The van der Waals surface area contributed by atoms with Crippen molar-refractivity contribution in [1.29, 1.82) is 0 Å². The third-order valence-corrected chi connectivity index (χ3v) is 3.54. The molecule has 15 heavy (non-hydrogen) atoms. The van der Waals surface area contributed by atoms with Crippen molar-refractivity contribution in [3.8, 4) is 0 Å². The summed E-state index contributed by atoms with van der Waals surface area (Å²) in [4.78, 5) is 2.52. The molecular weight excluding hydrogens is 184 g/mol. The lowest BCUT2D eigenvalue weighted by Crippen LogP contribution is -2.33. The molecule has 0 aromatic rings. The van der Waals surface area contributed by atoms with Gasteiger partial charge in [0.05, 0.1) is 0 Å². The van der Waals surface area contributed by atoms with Gasteiger partial charge in [0.25, 0.3) is 0 Å². The van der Waals surface area contributed by atoms with Gasteiger partial charge in [0.15, 0.2) is 0 Å². The van der Waals surface area contributed by atoms with Gasteiger partial charge in [-0.25, -0.2) is 0 Å². The van der Waals surface area contributed by atoms with Gasteiger partial charge in [-0.15, -0.1) is 6.58 Å². The molecule has 0 saturated heterocycles. The van der Waals surface area contributed by atoms with Gasteiger partial charge in [0, 0.05) is 13.1 Å². The third-order valence-electron chi connectivity index (χ3n) is 3.54. The van der Waals surface area contributed by atoms with Crippen LogP contribution in [0.5, 0.6) is 0 Å². The minimum Gasteiger partial charge on any atom is -0.330 e. The summed E-state index contributed by atoms with van der Waals surface area (Å²) in [5, 5.41) is 0. The minimum atomic E-state index is 0.772. The molecule has 0 aromatic carbocycles. The lowest BCUT2D eigenvalue weighted by Gasteiger charge is -2.26. The molecule has 0 amide bonds. The molecule has 0 aromatic heterocycles. The molecular formula is C13H26N2. The predicted octanol–water partition coefficient (Wildman–Crippen LogP) is 2.26. The van der Waals surface area contributed by atoms with E-state index in [1.165, 1.54) is 38.8 Å². The summed E-state index contributed by atoms with van der Waals surface area (Å²) in [5.74, 6) is 1.61. The van der Waals surface area contributed by atoms with E-state index in [0.717, 1.165) is 24.9 Å². The molecule has 1 fully saturated rings. The molecule has 1 rings (SSSR count). The zero-order valence-corrected chi connectivity index (χ0v) is 10.1. The highest BCUT2D eigenvalue weighted by Crippen LogP contribution is 2.31. The van der Waals surface area contributed by atoms with Crippen molar-refractivity contribution in [2.45, 2.75) is 32.6 Å². The van der Waals surface area contributed by atoms with Gasteiger partial charge < -0.3 is 5.73 Å². The number of hydrogen-bond acceptors (Lipinski definition) is 2. The Kier molecular flexibility index (Phi) is 5.96. The number of hydrogen-bond donors (Lipinski definition) is 1. The Bertz CT molecular complexity index is 179. The molecule has 88 valence electrons. The largest absolute Gasteiger partial charge is 0.330 e. The second kappa shape index (κ2) is 7.02. The Balaban J connectivity index is 2.38. The summed E-state index contributed by atoms with van der Waals surface area (Å²) in [6.45, 7) is 10.4. The quantitative estimate of drug-likeness (QED) is 0.653. The molecule has 0 heterocycles. The summed E-state index contributed by atoms with van der Waals surface area (Å²) in [7, 11) is 0. The van der Waals surface area contributed by atoms with Gasteiger partial charge in [-0.05, 0) is 44.2 Å². The molecule has 1 saturated carbocycles. The average Bonchev–Trinajstić information content (AvgIpc) is 2.66. The standard InChI is InChI=1S/C13H26N2/c1-3-8-15(9-4-2)11-13-7-5-6-12(13)10-14/h3,12-13H,1,4-11,14H2,2H3. The van der Waals surface area contributed by atoms with Gasteiger partial charge in [-0.1, -0.05) is 19.4 Å². The van der Waals surface area contributed by atoms with Crippen molar-refractivity contribution in [3.63, 3.8) is 0 Å². The molecule has 1 aliphatic rings. The fourth-order valence-electron chi connectivity index (χ4n) is 2.75. The van der Waals surface area contributed by atoms with Crippen LogP contribution in [0.3, 0.4) is 0 Å². The van der Waals surface area contributed by atoms with Crippen LogP contribution in [0, 0.1) is 11.8 Å². The van der Waals surface area contributed by atoms with Gasteiger partial charge in [0.1, 0.15) is 0 Å². The van der Waals surface area contributed by atoms with Crippen LogP contribution in [0.2, 0.25) is 0 Å². The van der Waals surface area contributed by atoms with E-state index < -0.39 is 0 Å². The summed E-state index contributed by atoms with van der Waals surface area (Å²) < 4.78 is 0. The molecule has 2 heteroatoms. The van der Waals surface area contributed by atoms with E-state index in [0.29, 0.717) is 0 Å². The Morgan fingerprint density at radius 3 is 2.73 bits per heavy atom. The van der Waals surface area contributed by atoms with E-state index in [1.807, 2.05) is 6.08 Å². The fraction of sp³-hybridized carbons (Fsp3) is 0.846. The van der Waals surface area contributed by atoms with Crippen LogP contribution in [0.4, 0.5) is 0 Å². The van der Waals surface area contributed by atoms with Crippen molar-refractivity contribution >= 4 is 0 Å². The zero-order chi connectivity index (χ0) is 11.1. The molecule has 0 spiro atoms. The monoisotopic (exact) mass is 210 g/mol. The van der Waals surface area contributed by atoms with E-state index in [-0.39, 0.29) is 0 Å². The van der Waals surface area contributed by atoms with Crippen LogP contribution in [0.25, 0.3) is 0 Å². The maximum absolute atomic E-state index is 5.81. The molecule has 1 aliphatic carbocycles. The van der Waals surface area contributed by atoms with Crippen molar-refractivity contribution in [2.24, 2.45) is 17.6 Å². The van der Waals surface area contributed by atoms with Crippen molar-refractivity contribution < 1.29 is 0 Å². The number of rotatable bonds is 7. The Morgan fingerprint density at radius 1 is 1.40 bits per heavy atom. The Labute approximate surface area is 94.5 Å². The molecule has 0 radical (unpaired) electrons. The molecule has 2 nitrogen and oxygen atoms in total. The van der Waals surface area contributed by atoms with Crippen LogP contribution in [0.15, 0.2) is 12.7 Å². The summed E-state index contributed by atoms with van der Waals surface area (Å²) in [6.07, 6.45) is 7.34. The van der Waals surface area contributed by atoms with Gasteiger partial charge >= 0.3 is 0 Å². The zero-order valence-electron chi connectivity index (χ0n) is 10.1. The van der Waals surface area contributed by atoms with E-state index in [9.17, 15) is 0 Å². The molecule has 2 N–H and O–H groups in total. The highest BCUT2D eigenvalue weighted by molar-refractivity contribution is 4.82. The number of nitrogens with zero attached hydrogens (tertiary/aromatic N) is 1. The minimum absolute atomic E-state index is 0.772. The Hall–Kier alpha value is -0.340. The van der Waals surface area contributed by atoms with Gasteiger partial charge in [0.2, 0.25) is 0 Å². The second-order valence-electron chi connectivity index (χ2n) is 4.74. The van der Waals surface area contributed by atoms with Crippen molar-refractivity contribution in [2.75, 3.05) is 26.2 Å². The first kappa shape index (κ1) is 12.7. The smallest absolute Gasteiger partial charge is 0.0160 e. The lowest BCUT2D eigenvalue weighted by atomic mass is 9.95. The van der Waals surface area contributed by atoms with E-state index in [4.69, 9.17) is 5.73 Å². The Morgan fingerprint density at radius 2 is 2.13 bits per heavy atom. The van der Waals surface area contributed by atoms with E-state index >= 15 is 0 Å². The highest BCUT2D eigenvalue weighted by Gasteiger charge is 2.27. The van der Waals surface area contributed by atoms with Crippen LogP contribution >= 0.6 is 0 Å². The molecule has 0 aliphatic heterocycles. The maximum Gasteiger partial charge on any atom is 0.0160 e. The lowest BCUT2D eigenvalue weighted by molar-refractivity contribution is 0.224. The first-order valence-electron chi connectivity index (χ1n) is 6.35. The highest BCUT2D eigenvalue weighted by atomic mass is 15.1. The first-order chi connectivity index (χ1) is 7.31. The van der Waals surface area contributed by atoms with Crippen molar-refractivity contribution in [1.82, 2.24) is 4.90 Å². The predicted molar refractivity (Wildman–Crippen MR) is 66.8 cm³/mol. The van der Waals surface area contributed by atoms with E-state index in [1.54, 1.807) is 0 Å². The fourth-order valence-corrected chi connectivity index (χ4v) is 2.75. The van der Waals surface area contributed by atoms with Crippen molar-refractivity contribution in [3.05, 3.63) is 12.7 Å².